The fourth-order valence-electron chi connectivity index (χ4n) is 6.77. The Hall–Kier alpha value is -1.51. The molecule has 0 aromatic rings. The number of amides is 1. The number of allylic oxidation sites excluding steroid dienone is 4. The van der Waals surface area contributed by atoms with Gasteiger partial charge in [-0.25, -0.2) is 4.57 Å². The van der Waals surface area contributed by atoms with Crippen molar-refractivity contribution in [3.05, 3.63) is 24.3 Å². The van der Waals surface area contributed by atoms with Gasteiger partial charge in [-0.3, -0.25) is 18.6 Å². The van der Waals surface area contributed by atoms with Crippen molar-refractivity contribution in [2.24, 2.45) is 0 Å². The Balaban J connectivity index is 3.55. The molecule has 9 nitrogen and oxygen atoms in total. The maximum absolute atomic E-state index is 12.1. The van der Waals surface area contributed by atoms with E-state index in [0.29, 0.717) is 6.42 Å². The number of unbranched alkanes of at least 4 members (excludes halogenated alkanes) is 28. The Morgan fingerprint density at radius 1 is 0.544 bits per heavy atom. The maximum atomic E-state index is 12.1. The molecule has 57 heavy (non-hydrogen) atoms. The van der Waals surface area contributed by atoms with Crippen LogP contribution in [-0.2, 0) is 27.9 Å². The second-order valence-corrected chi connectivity index (χ2v) is 17.5. The number of rotatable bonds is 45. The van der Waals surface area contributed by atoms with Crippen molar-refractivity contribution >= 4 is 19.7 Å². The van der Waals surface area contributed by atoms with Gasteiger partial charge in [0.1, 0.15) is 12.7 Å². The molecule has 0 spiro atoms. The van der Waals surface area contributed by atoms with E-state index in [1.165, 1.54) is 141 Å². The zero-order valence-corrected chi connectivity index (χ0v) is 37.9. The maximum Gasteiger partial charge on any atom is 0.472 e. The lowest BCUT2D eigenvalue weighted by Gasteiger charge is -2.15. The number of aliphatic hydroxyl groups is 1. The quantitative estimate of drug-likeness (QED) is 0.0239. The van der Waals surface area contributed by atoms with Gasteiger partial charge in [0, 0.05) is 19.4 Å². The van der Waals surface area contributed by atoms with Gasteiger partial charge in [0.05, 0.1) is 13.2 Å². The number of ether oxygens (including phenoxy) is 1. The lowest BCUT2D eigenvalue weighted by atomic mass is 10.0. The minimum atomic E-state index is -4.42. The van der Waals surface area contributed by atoms with Crippen LogP contribution < -0.4 is 5.32 Å². The van der Waals surface area contributed by atoms with E-state index in [9.17, 15) is 24.2 Å². The van der Waals surface area contributed by atoms with Crippen LogP contribution in [0.1, 0.15) is 232 Å². The summed E-state index contributed by atoms with van der Waals surface area (Å²) < 4.78 is 26.9. The van der Waals surface area contributed by atoms with Gasteiger partial charge in [0.2, 0.25) is 5.91 Å². The summed E-state index contributed by atoms with van der Waals surface area (Å²) in [5.41, 5.74) is 0. The number of nitrogens with one attached hydrogen (secondary N) is 1. The lowest BCUT2D eigenvalue weighted by molar-refractivity contribution is -0.147. The van der Waals surface area contributed by atoms with Gasteiger partial charge in [-0.2, -0.15) is 0 Å². The molecule has 0 radical (unpaired) electrons. The number of aliphatic hydroxyl groups excluding tert-OH is 1. The van der Waals surface area contributed by atoms with Crippen LogP contribution in [0.15, 0.2) is 24.3 Å². The summed E-state index contributed by atoms with van der Waals surface area (Å²) in [6.07, 6.45) is 48.3. The minimum absolute atomic E-state index is 0.0761. The first-order chi connectivity index (χ1) is 27.8. The summed E-state index contributed by atoms with van der Waals surface area (Å²) in [5, 5.41) is 12.7. The normalized spacial score (nSPS) is 13.4. The smallest absolute Gasteiger partial charge is 0.463 e. The number of hydrogen-bond acceptors (Lipinski definition) is 7. The van der Waals surface area contributed by atoms with Crippen LogP contribution in [-0.4, -0.2) is 54.3 Å². The minimum Gasteiger partial charge on any atom is -0.463 e. The highest BCUT2D eigenvalue weighted by molar-refractivity contribution is 7.47. The Morgan fingerprint density at radius 3 is 1.44 bits per heavy atom. The monoisotopic (exact) mass is 828 g/mol. The molecular weight excluding hydrogens is 737 g/mol. The average molecular weight is 828 g/mol. The Kier molecular flexibility index (Phi) is 42.9. The van der Waals surface area contributed by atoms with Crippen LogP contribution in [0.25, 0.3) is 0 Å². The van der Waals surface area contributed by atoms with Crippen LogP contribution in [0.2, 0.25) is 0 Å². The molecule has 0 heterocycles. The van der Waals surface area contributed by atoms with Crippen LogP contribution in [0.3, 0.4) is 0 Å². The van der Waals surface area contributed by atoms with Crippen molar-refractivity contribution < 1.29 is 37.9 Å². The van der Waals surface area contributed by atoms with Gasteiger partial charge in [-0.05, 0) is 44.9 Å². The molecule has 3 N–H and O–H groups in total. The van der Waals surface area contributed by atoms with Gasteiger partial charge in [-0.1, -0.05) is 199 Å². The van der Waals surface area contributed by atoms with Crippen molar-refractivity contribution in [2.75, 3.05) is 26.4 Å². The third-order valence-electron chi connectivity index (χ3n) is 10.4. The largest absolute Gasteiger partial charge is 0.472 e. The predicted molar refractivity (Wildman–Crippen MR) is 238 cm³/mol. The van der Waals surface area contributed by atoms with Crippen molar-refractivity contribution in [1.29, 1.82) is 0 Å². The molecule has 0 fully saturated rings. The van der Waals surface area contributed by atoms with E-state index >= 15 is 0 Å². The van der Waals surface area contributed by atoms with Crippen molar-refractivity contribution in [2.45, 2.75) is 238 Å². The standard InChI is InChI=1S/C47H90NO8P/c1-3-5-7-9-11-13-15-17-19-20-21-22-23-24-26-28-30-32-34-36-38-40-47(51)54-43-45(49)44-56-57(52,53)55-42-41-48-46(50)39-37-35-33-31-29-27-25-18-16-14-12-10-8-6-4-2/h12,14,18,25,45,49H,3-11,13,15-17,19-24,26-44H2,1-2H3,(H,48,50)(H,52,53)/b14-12-,25-18-. The molecule has 0 bridgehead atoms. The summed E-state index contributed by atoms with van der Waals surface area (Å²) in [6.45, 7) is 3.54. The molecule has 0 aliphatic carbocycles. The van der Waals surface area contributed by atoms with Gasteiger partial charge < -0.3 is 20.1 Å². The summed E-state index contributed by atoms with van der Waals surface area (Å²) in [6, 6.07) is 0. The van der Waals surface area contributed by atoms with E-state index in [0.717, 1.165) is 64.2 Å². The Bertz CT molecular complexity index is 990. The summed E-state index contributed by atoms with van der Waals surface area (Å²) in [5.74, 6) is -0.522. The molecule has 0 rings (SSSR count). The van der Waals surface area contributed by atoms with Crippen molar-refractivity contribution in [3.8, 4) is 0 Å². The van der Waals surface area contributed by atoms with E-state index in [-0.39, 0.29) is 32.1 Å². The van der Waals surface area contributed by atoms with Crippen molar-refractivity contribution in [3.63, 3.8) is 0 Å². The second-order valence-electron chi connectivity index (χ2n) is 16.1. The van der Waals surface area contributed by atoms with E-state index in [4.69, 9.17) is 13.8 Å². The topological polar surface area (TPSA) is 131 Å². The zero-order chi connectivity index (χ0) is 41.8. The van der Waals surface area contributed by atoms with E-state index in [1.54, 1.807) is 0 Å². The predicted octanol–water partition coefficient (Wildman–Crippen LogP) is 13.6. The zero-order valence-electron chi connectivity index (χ0n) is 37.0. The van der Waals surface area contributed by atoms with Gasteiger partial charge in [-0.15, -0.1) is 0 Å². The lowest BCUT2D eigenvalue weighted by Crippen LogP contribution is -2.27. The first-order valence-electron chi connectivity index (χ1n) is 23.8. The van der Waals surface area contributed by atoms with Gasteiger partial charge in [0.15, 0.2) is 0 Å². The first kappa shape index (κ1) is 55.5. The fraction of sp³-hybridized carbons (Fsp3) is 0.872. The molecule has 0 aliphatic rings. The number of phosphoric acid groups is 1. The first-order valence-corrected chi connectivity index (χ1v) is 25.3. The molecular formula is C47H90NO8P. The molecule has 336 valence electrons. The average Bonchev–Trinajstić information content (AvgIpc) is 3.20. The van der Waals surface area contributed by atoms with E-state index < -0.39 is 26.5 Å². The molecule has 0 saturated heterocycles. The van der Waals surface area contributed by atoms with Crippen molar-refractivity contribution in [1.82, 2.24) is 5.32 Å². The molecule has 0 saturated carbocycles. The molecule has 10 heteroatoms. The number of phosphoric ester groups is 1. The molecule has 0 aromatic heterocycles. The molecule has 0 aliphatic heterocycles. The summed E-state index contributed by atoms with van der Waals surface area (Å²) in [7, 11) is -4.42. The Labute approximate surface area is 350 Å². The second kappa shape index (κ2) is 44.1. The molecule has 0 aromatic carbocycles. The highest BCUT2D eigenvalue weighted by Gasteiger charge is 2.23. The fourth-order valence-corrected chi connectivity index (χ4v) is 7.52. The van der Waals surface area contributed by atoms with Gasteiger partial charge >= 0.3 is 13.8 Å². The van der Waals surface area contributed by atoms with E-state index in [1.807, 2.05) is 0 Å². The third kappa shape index (κ3) is 45.4. The van der Waals surface area contributed by atoms with Crippen LogP contribution >= 0.6 is 7.82 Å². The van der Waals surface area contributed by atoms with E-state index in [2.05, 4.69) is 43.5 Å². The third-order valence-corrected chi connectivity index (χ3v) is 11.4. The molecule has 1 amide bonds. The highest BCUT2D eigenvalue weighted by Crippen LogP contribution is 2.42. The van der Waals surface area contributed by atoms with Crippen LogP contribution in [0.5, 0.6) is 0 Å². The summed E-state index contributed by atoms with van der Waals surface area (Å²) in [4.78, 5) is 34.0. The summed E-state index contributed by atoms with van der Waals surface area (Å²) >= 11 is 0. The SMILES string of the molecule is CCCCC/C=C\C/C=C\CCCCCCCC(=O)NCCOP(=O)(O)OCC(O)COC(=O)CCCCCCCCCCCCCCCCCCCCCCC. The van der Waals surface area contributed by atoms with Gasteiger partial charge in [0.25, 0.3) is 0 Å². The number of esters is 1. The molecule has 2 unspecified atom stereocenters. The number of carbonyl (C=O) groups excluding carboxylic acids is 2. The van der Waals surface area contributed by atoms with Crippen LogP contribution in [0, 0.1) is 0 Å². The number of hydrogen-bond donors (Lipinski definition) is 3. The molecule has 2 atom stereocenters. The highest BCUT2D eigenvalue weighted by atomic mass is 31.2. The number of carbonyl (C=O) groups is 2. The Morgan fingerprint density at radius 2 is 0.947 bits per heavy atom. The van der Waals surface area contributed by atoms with Crippen LogP contribution in [0.4, 0.5) is 0 Å².